The number of hydrogen-bond acceptors (Lipinski definition) is 3. The average molecular weight is 381 g/mol. The van der Waals surface area contributed by atoms with E-state index >= 15 is 0 Å². The molecule has 0 aromatic heterocycles. The van der Waals surface area contributed by atoms with Gasteiger partial charge in [-0.2, -0.15) is 5.26 Å². The van der Waals surface area contributed by atoms with Gasteiger partial charge in [-0.25, -0.2) is 4.39 Å². The lowest BCUT2D eigenvalue weighted by Gasteiger charge is -2.26. The molecule has 0 bridgehead atoms. The third kappa shape index (κ3) is 4.85. The molecule has 2 rings (SSSR count). The van der Waals surface area contributed by atoms with Crippen molar-refractivity contribution in [2.24, 2.45) is 0 Å². The maximum absolute atomic E-state index is 14.1. The predicted octanol–water partition coefficient (Wildman–Crippen LogP) is 4.85. The van der Waals surface area contributed by atoms with Gasteiger partial charge in [0, 0.05) is 11.6 Å². The number of anilines is 1. The highest BCUT2D eigenvalue weighted by atomic mass is 35.5. The van der Waals surface area contributed by atoms with Crippen LogP contribution in [0.1, 0.15) is 13.3 Å². The molecule has 25 heavy (non-hydrogen) atoms. The lowest BCUT2D eigenvalue weighted by Crippen LogP contribution is -2.41. The van der Waals surface area contributed by atoms with Crippen LogP contribution in [0.2, 0.25) is 10.0 Å². The molecule has 1 atom stereocenters. The van der Waals surface area contributed by atoms with Crippen molar-refractivity contribution < 1.29 is 13.9 Å². The van der Waals surface area contributed by atoms with E-state index in [1.165, 1.54) is 36.1 Å². The summed E-state index contributed by atoms with van der Waals surface area (Å²) < 4.78 is 19.7. The van der Waals surface area contributed by atoms with E-state index in [1.54, 1.807) is 18.2 Å². The molecule has 1 amide bonds. The minimum absolute atomic E-state index is 0.0539. The summed E-state index contributed by atoms with van der Waals surface area (Å²) in [6.07, 6.45) is -0.869. The van der Waals surface area contributed by atoms with Crippen LogP contribution in [0.5, 0.6) is 5.75 Å². The second-order valence-electron chi connectivity index (χ2n) is 5.18. The molecule has 0 aliphatic heterocycles. The van der Waals surface area contributed by atoms with Crippen molar-refractivity contribution in [2.45, 2.75) is 19.4 Å². The Hall–Kier alpha value is -2.29. The van der Waals surface area contributed by atoms with Crippen LogP contribution in [-0.4, -0.2) is 18.6 Å². The molecule has 0 heterocycles. The number of rotatable bonds is 6. The van der Waals surface area contributed by atoms with Gasteiger partial charge in [0.05, 0.1) is 23.2 Å². The van der Waals surface area contributed by atoms with Crippen LogP contribution in [0.3, 0.4) is 0 Å². The SMILES string of the molecule is C[C@H](Oc1ccc(Cl)cc1Cl)C(=O)N(CCC#N)c1ccccc1F. The Morgan fingerprint density at radius 3 is 2.68 bits per heavy atom. The molecule has 0 radical (unpaired) electrons. The van der Waals surface area contributed by atoms with Gasteiger partial charge in [0.2, 0.25) is 0 Å². The molecular weight excluding hydrogens is 366 g/mol. The molecule has 2 aromatic carbocycles. The highest BCUT2D eigenvalue weighted by Crippen LogP contribution is 2.29. The quantitative estimate of drug-likeness (QED) is 0.719. The Morgan fingerprint density at radius 1 is 1.32 bits per heavy atom. The first-order valence-electron chi connectivity index (χ1n) is 7.48. The van der Waals surface area contributed by atoms with Crippen LogP contribution in [0.25, 0.3) is 0 Å². The number of ether oxygens (including phenoxy) is 1. The summed E-state index contributed by atoms with van der Waals surface area (Å²) in [5.41, 5.74) is 0.0976. The molecule has 0 unspecified atom stereocenters. The molecule has 0 fully saturated rings. The first kappa shape index (κ1) is 19.0. The number of para-hydroxylation sites is 1. The van der Waals surface area contributed by atoms with E-state index in [0.717, 1.165) is 0 Å². The molecule has 0 saturated carbocycles. The Morgan fingerprint density at radius 2 is 2.04 bits per heavy atom. The van der Waals surface area contributed by atoms with Gasteiger partial charge < -0.3 is 9.64 Å². The zero-order valence-electron chi connectivity index (χ0n) is 13.4. The van der Waals surface area contributed by atoms with Gasteiger partial charge in [-0.15, -0.1) is 0 Å². The molecule has 4 nitrogen and oxygen atoms in total. The van der Waals surface area contributed by atoms with Gasteiger partial charge in [-0.05, 0) is 37.3 Å². The largest absolute Gasteiger partial charge is 0.479 e. The Kier molecular flexibility index (Phi) is 6.63. The third-order valence-electron chi connectivity index (χ3n) is 3.40. The predicted molar refractivity (Wildman–Crippen MR) is 95.5 cm³/mol. The zero-order valence-corrected chi connectivity index (χ0v) is 14.9. The van der Waals surface area contributed by atoms with Crippen molar-refractivity contribution in [1.29, 1.82) is 5.26 Å². The fourth-order valence-corrected chi connectivity index (χ4v) is 2.67. The number of hydrogen-bond donors (Lipinski definition) is 0. The number of carbonyl (C=O) groups excluding carboxylic acids is 1. The van der Waals surface area contributed by atoms with Gasteiger partial charge in [-0.1, -0.05) is 35.3 Å². The van der Waals surface area contributed by atoms with Crippen LogP contribution < -0.4 is 9.64 Å². The third-order valence-corrected chi connectivity index (χ3v) is 3.93. The van der Waals surface area contributed by atoms with Crippen LogP contribution in [0, 0.1) is 17.1 Å². The summed E-state index contributed by atoms with van der Waals surface area (Å²) in [5.74, 6) is -0.738. The molecular formula is C18H15Cl2FN2O2. The first-order chi connectivity index (χ1) is 11.9. The lowest BCUT2D eigenvalue weighted by molar-refractivity contribution is -0.124. The fraction of sp³-hybridized carbons (Fsp3) is 0.222. The van der Waals surface area contributed by atoms with Crippen LogP contribution in [-0.2, 0) is 4.79 Å². The molecule has 0 aliphatic carbocycles. The maximum Gasteiger partial charge on any atom is 0.267 e. The number of amides is 1. The topological polar surface area (TPSA) is 53.3 Å². The van der Waals surface area contributed by atoms with E-state index in [1.807, 2.05) is 6.07 Å². The van der Waals surface area contributed by atoms with Gasteiger partial charge in [0.1, 0.15) is 11.6 Å². The number of carbonyl (C=O) groups is 1. The van der Waals surface area contributed by atoms with Crippen molar-refractivity contribution >= 4 is 34.8 Å². The zero-order chi connectivity index (χ0) is 18.4. The molecule has 0 aliphatic rings. The number of benzene rings is 2. The summed E-state index contributed by atoms with van der Waals surface area (Å²) in [6.45, 7) is 1.59. The van der Waals surface area contributed by atoms with Crippen molar-refractivity contribution in [2.75, 3.05) is 11.4 Å². The standard InChI is InChI=1S/C18H15Cl2FN2O2/c1-12(25-17-8-7-13(19)11-14(17)20)18(24)23(10-4-9-22)16-6-3-2-5-15(16)21/h2-3,5-8,11-12H,4,10H2,1H3/t12-/m0/s1. The maximum atomic E-state index is 14.1. The Bertz CT molecular complexity index is 808. The van der Waals surface area contributed by atoms with Crippen LogP contribution >= 0.6 is 23.2 Å². The average Bonchev–Trinajstić information content (AvgIpc) is 2.58. The molecule has 0 saturated heterocycles. The molecule has 0 spiro atoms. The number of nitrogens with zero attached hydrogens (tertiary/aromatic N) is 2. The van der Waals surface area contributed by atoms with Crippen LogP contribution in [0.4, 0.5) is 10.1 Å². The van der Waals surface area contributed by atoms with E-state index in [2.05, 4.69) is 0 Å². The highest BCUT2D eigenvalue weighted by Gasteiger charge is 2.25. The van der Waals surface area contributed by atoms with Gasteiger partial charge in [0.25, 0.3) is 5.91 Å². The summed E-state index contributed by atoms with van der Waals surface area (Å²) in [4.78, 5) is 13.9. The van der Waals surface area contributed by atoms with Crippen molar-refractivity contribution in [3.8, 4) is 11.8 Å². The summed E-state index contributed by atoms with van der Waals surface area (Å²) in [7, 11) is 0. The Balaban J connectivity index is 2.23. The molecule has 7 heteroatoms. The van der Waals surface area contributed by atoms with Gasteiger partial charge >= 0.3 is 0 Å². The number of nitriles is 1. The molecule has 130 valence electrons. The van der Waals surface area contributed by atoms with Crippen molar-refractivity contribution in [1.82, 2.24) is 0 Å². The smallest absolute Gasteiger partial charge is 0.267 e. The highest BCUT2D eigenvalue weighted by molar-refractivity contribution is 6.35. The van der Waals surface area contributed by atoms with Crippen molar-refractivity contribution in [3.05, 3.63) is 58.3 Å². The molecule has 0 N–H and O–H groups in total. The normalized spacial score (nSPS) is 11.5. The van der Waals surface area contributed by atoms with E-state index in [-0.39, 0.29) is 23.7 Å². The second-order valence-corrected chi connectivity index (χ2v) is 6.03. The molecule has 2 aromatic rings. The Labute approximate surface area is 155 Å². The minimum atomic E-state index is -0.933. The first-order valence-corrected chi connectivity index (χ1v) is 8.24. The van der Waals surface area contributed by atoms with E-state index in [9.17, 15) is 9.18 Å². The van der Waals surface area contributed by atoms with Gasteiger partial charge in [0.15, 0.2) is 6.10 Å². The second kappa shape index (κ2) is 8.70. The summed E-state index contributed by atoms with van der Waals surface area (Å²) >= 11 is 11.9. The monoisotopic (exact) mass is 380 g/mol. The minimum Gasteiger partial charge on any atom is -0.479 e. The van der Waals surface area contributed by atoms with Gasteiger partial charge in [-0.3, -0.25) is 4.79 Å². The van der Waals surface area contributed by atoms with Crippen LogP contribution in [0.15, 0.2) is 42.5 Å². The van der Waals surface area contributed by atoms with Crippen molar-refractivity contribution in [3.63, 3.8) is 0 Å². The van der Waals surface area contributed by atoms with E-state index < -0.39 is 17.8 Å². The lowest BCUT2D eigenvalue weighted by atomic mass is 10.2. The van der Waals surface area contributed by atoms with E-state index in [4.69, 9.17) is 33.2 Å². The summed E-state index contributed by atoms with van der Waals surface area (Å²) in [5, 5.41) is 9.51. The fourth-order valence-electron chi connectivity index (χ4n) is 2.21. The number of halogens is 3. The summed E-state index contributed by atoms with van der Waals surface area (Å²) in [6, 6.07) is 12.5. The van der Waals surface area contributed by atoms with E-state index in [0.29, 0.717) is 10.8 Å².